The molecule has 1 aliphatic rings. The van der Waals surface area contributed by atoms with Gasteiger partial charge in [-0.3, -0.25) is 9.36 Å². The second-order valence-electron chi connectivity index (χ2n) is 5.46. The van der Waals surface area contributed by atoms with Crippen molar-refractivity contribution in [3.05, 3.63) is 25.6 Å². The van der Waals surface area contributed by atoms with Crippen LogP contribution in [0, 0.1) is 24.5 Å². The fourth-order valence-electron chi connectivity index (χ4n) is 2.51. The van der Waals surface area contributed by atoms with Crippen molar-refractivity contribution >= 4 is 33.8 Å². The number of nitrogens with one attached hydrogen (secondary N) is 1. The molecule has 0 atom stereocenters. The number of thiophene rings is 1. The van der Waals surface area contributed by atoms with E-state index < -0.39 is 0 Å². The molecule has 2 heterocycles. The first-order chi connectivity index (χ1) is 9.08. The van der Waals surface area contributed by atoms with Gasteiger partial charge in [-0.15, -0.1) is 11.3 Å². The van der Waals surface area contributed by atoms with Crippen LogP contribution in [-0.4, -0.2) is 9.55 Å². The third kappa shape index (κ3) is 2.41. The molecule has 2 aromatic heterocycles. The number of aromatic nitrogens is 2. The average molecular weight is 294 g/mol. The minimum absolute atomic E-state index is 0.0800. The van der Waals surface area contributed by atoms with Gasteiger partial charge in [-0.05, 0) is 50.4 Å². The Kier molecular flexibility index (Phi) is 3.35. The van der Waals surface area contributed by atoms with Crippen molar-refractivity contribution in [2.75, 3.05) is 0 Å². The van der Waals surface area contributed by atoms with Crippen molar-refractivity contribution in [3.8, 4) is 0 Å². The molecule has 3 rings (SSSR count). The van der Waals surface area contributed by atoms with Crippen LogP contribution in [0.3, 0.4) is 0 Å². The highest BCUT2D eigenvalue weighted by Gasteiger charge is 2.20. The SMILES string of the molecule is Cc1sc2[nH]c(=S)n(CCCC3CC3)c(=O)c2c1C. The number of nitrogens with zero attached hydrogens (tertiary/aromatic N) is 1. The Morgan fingerprint density at radius 3 is 2.84 bits per heavy atom. The Morgan fingerprint density at radius 1 is 1.42 bits per heavy atom. The second-order valence-corrected chi connectivity index (χ2v) is 7.07. The molecular weight excluding hydrogens is 276 g/mol. The van der Waals surface area contributed by atoms with Crippen LogP contribution in [0.4, 0.5) is 0 Å². The molecule has 1 saturated carbocycles. The summed E-state index contributed by atoms with van der Waals surface area (Å²) in [6.07, 6.45) is 5.00. The number of hydrogen-bond acceptors (Lipinski definition) is 3. The number of H-pyrrole nitrogens is 1. The average Bonchev–Trinajstić information content (AvgIpc) is 3.12. The highest BCUT2D eigenvalue weighted by Crippen LogP contribution is 2.33. The second kappa shape index (κ2) is 4.87. The van der Waals surface area contributed by atoms with Gasteiger partial charge in [0, 0.05) is 11.4 Å². The van der Waals surface area contributed by atoms with Crippen LogP contribution >= 0.6 is 23.6 Å². The number of fused-ring (bicyclic) bond motifs is 1. The maximum atomic E-state index is 12.6. The molecule has 0 aliphatic heterocycles. The molecule has 0 spiro atoms. The van der Waals surface area contributed by atoms with Crippen LogP contribution in [-0.2, 0) is 6.54 Å². The largest absolute Gasteiger partial charge is 0.323 e. The number of aromatic amines is 1. The first-order valence-electron chi connectivity index (χ1n) is 6.80. The zero-order valence-electron chi connectivity index (χ0n) is 11.3. The van der Waals surface area contributed by atoms with Gasteiger partial charge in [-0.2, -0.15) is 0 Å². The highest BCUT2D eigenvalue weighted by atomic mass is 32.1. The minimum atomic E-state index is 0.0800. The fraction of sp³-hybridized carbons (Fsp3) is 0.571. The molecule has 2 aromatic rings. The van der Waals surface area contributed by atoms with E-state index in [1.54, 1.807) is 15.9 Å². The lowest BCUT2D eigenvalue weighted by atomic mass is 10.2. The Bertz CT molecular complexity index is 734. The van der Waals surface area contributed by atoms with Crippen molar-refractivity contribution in [1.82, 2.24) is 9.55 Å². The van der Waals surface area contributed by atoms with Crippen molar-refractivity contribution in [2.45, 2.75) is 46.1 Å². The van der Waals surface area contributed by atoms with Gasteiger partial charge in [-0.25, -0.2) is 0 Å². The first kappa shape index (κ1) is 13.1. The molecule has 0 radical (unpaired) electrons. The number of aryl methyl sites for hydroxylation is 2. The Morgan fingerprint density at radius 2 is 2.16 bits per heavy atom. The van der Waals surface area contributed by atoms with E-state index in [1.165, 1.54) is 24.1 Å². The summed E-state index contributed by atoms with van der Waals surface area (Å²) >= 11 is 6.95. The van der Waals surface area contributed by atoms with E-state index in [4.69, 9.17) is 12.2 Å². The lowest BCUT2D eigenvalue weighted by Crippen LogP contribution is -2.22. The van der Waals surface area contributed by atoms with E-state index in [9.17, 15) is 4.79 Å². The Labute approximate surface area is 121 Å². The smallest absolute Gasteiger partial charge is 0.263 e. The molecule has 3 nitrogen and oxygen atoms in total. The van der Waals surface area contributed by atoms with E-state index in [-0.39, 0.29) is 5.56 Å². The summed E-state index contributed by atoms with van der Waals surface area (Å²) in [6, 6.07) is 0. The molecule has 19 heavy (non-hydrogen) atoms. The Balaban J connectivity index is 2.00. The molecule has 0 amide bonds. The molecular formula is C14H18N2OS2. The van der Waals surface area contributed by atoms with Crippen LogP contribution in [0.2, 0.25) is 0 Å². The van der Waals surface area contributed by atoms with Crippen molar-refractivity contribution in [2.24, 2.45) is 5.92 Å². The molecule has 102 valence electrons. The highest BCUT2D eigenvalue weighted by molar-refractivity contribution is 7.71. The van der Waals surface area contributed by atoms with Crippen molar-refractivity contribution in [1.29, 1.82) is 0 Å². The molecule has 1 fully saturated rings. The molecule has 0 saturated heterocycles. The standard InChI is InChI=1S/C14H18N2OS2/c1-8-9(2)19-12-11(8)13(17)16(14(18)15-12)7-3-4-10-5-6-10/h10H,3-7H2,1-2H3,(H,15,18). The van der Waals surface area contributed by atoms with Crippen LogP contribution in [0.5, 0.6) is 0 Å². The maximum absolute atomic E-state index is 12.6. The van der Waals surface area contributed by atoms with Crippen LogP contribution in [0.15, 0.2) is 4.79 Å². The maximum Gasteiger partial charge on any atom is 0.263 e. The van der Waals surface area contributed by atoms with Gasteiger partial charge >= 0.3 is 0 Å². The summed E-state index contributed by atoms with van der Waals surface area (Å²) in [5, 5.41) is 0.822. The molecule has 0 aromatic carbocycles. The lowest BCUT2D eigenvalue weighted by Gasteiger charge is -2.06. The molecule has 0 bridgehead atoms. The van der Waals surface area contributed by atoms with Gasteiger partial charge in [0.25, 0.3) is 5.56 Å². The summed E-state index contributed by atoms with van der Waals surface area (Å²) in [5.41, 5.74) is 1.17. The summed E-state index contributed by atoms with van der Waals surface area (Å²) in [5.74, 6) is 0.905. The van der Waals surface area contributed by atoms with E-state index in [0.717, 1.165) is 34.7 Å². The summed E-state index contributed by atoms with van der Waals surface area (Å²) in [7, 11) is 0. The number of rotatable bonds is 4. The predicted octanol–water partition coefficient (Wildman–Crippen LogP) is 3.93. The van der Waals surface area contributed by atoms with Gasteiger partial charge < -0.3 is 4.98 Å². The summed E-state index contributed by atoms with van der Waals surface area (Å²) in [6.45, 7) is 4.81. The van der Waals surface area contributed by atoms with Crippen molar-refractivity contribution in [3.63, 3.8) is 0 Å². The third-order valence-electron chi connectivity index (χ3n) is 4.00. The first-order valence-corrected chi connectivity index (χ1v) is 8.03. The van der Waals surface area contributed by atoms with E-state index >= 15 is 0 Å². The van der Waals surface area contributed by atoms with Crippen LogP contribution in [0.1, 0.15) is 36.1 Å². The van der Waals surface area contributed by atoms with Gasteiger partial charge in [0.1, 0.15) is 4.83 Å². The third-order valence-corrected chi connectivity index (χ3v) is 5.45. The minimum Gasteiger partial charge on any atom is -0.323 e. The quantitative estimate of drug-likeness (QED) is 0.868. The normalized spacial score (nSPS) is 15.3. The topological polar surface area (TPSA) is 37.8 Å². The van der Waals surface area contributed by atoms with Crippen molar-refractivity contribution < 1.29 is 0 Å². The summed E-state index contributed by atoms with van der Waals surface area (Å²) < 4.78 is 2.30. The number of hydrogen-bond donors (Lipinski definition) is 1. The molecule has 1 aliphatic carbocycles. The Hall–Kier alpha value is -0.940. The summed E-state index contributed by atoms with van der Waals surface area (Å²) in [4.78, 5) is 17.9. The van der Waals surface area contributed by atoms with Gasteiger partial charge in [0.2, 0.25) is 0 Å². The van der Waals surface area contributed by atoms with Crippen LogP contribution < -0.4 is 5.56 Å². The van der Waals surface area contributed by atoms with Crippen LogP contribution in [0.25, 0.3) is 10.2 Å². The van der Waals surface area contributed by atoms with E-state index in [1.807, 2.05) is 13.8 Å². The van der Waals surface area contributed by atoms with E-state index in [2.05, 4.69) is 4.98 Å². The van der Waals surface area contributed by atoms with Gasteiger partial charge in [0.05, 0.1) is 5.39 Å². The van der Waals surface area contributed by atoms with E-state index in [0.29, 0.717) is 4.77 Å². The monoisotopic (exact) mass is 294 g/mol. The zero-order chi connectivity index (χ0) is 13.6. The van der Waals surface area contributed by atoms with Gasteiger partial charge in [-0.1, -0.05) is 12.8 Å². The van der Waals surface area contributed by atoms with Gasteiger partial charge in [0.15, 0.2) is 4.77 Å². The fourth-order valence-corrected chi connectivity index (χ4v) is 3.90. The lowest BCUT2D eigenvalue weighted by molar-refractivity contribution is 0.557. The molecule has 5 heteroatoms. The molecule has 0 unspecified atom stereocenters. The molecule has 1 N–H and O–H groups in total. The zero-order valence-corrected chi connectivity index (χ0v) is 12.9. The predicted molar refractivity (Wildman–Crippen MR) is 82.7 cm³/mol.